The second-order valence-corrected chi connectivity index (χ2v) is 5.13. The standard InChI is InChI=1S/C11H17Br/c1-2-5-11(8-12)7-9-3-4-10(11)6-9/h2,9-10H,1,3-8H2. The van der Waals surface area contributed by atoms with Gasteiger partial charge in [0.1, 0.15) is 0 Å². The fourth-order valence-corrected chi connectivity index (χ4v) is 4.23. The van der Waals surface area contributed by atoms with Crippen LogP contribution in [0.1, 0.15) is 32.1 Å². The molecule has 0 amide bonds. The van der Waals surface area contributed by atoms with Crippen LogP contribution in [0, 0.1) is 17.3 Å². The zero-order valence-corrected chi connectivity index (χ0v) is 9.15. The van der Waals surface area contributed by atoms with Crippen LogP contribution in [0.3, 0.4) is 0 Å². The van der Waals surface area contributed by atoms with Gasteiger partial charge in [0, 0.05) is 5.33 Å². The van der Waals surface area contributed by atoms with Crippen molar-refractivity contribution in [1.29, 1.82) is 0 Å². The Hall–Kier alpha value is 0.220. The van der Waals surface area contributed by atoms with Crippen LogP contribution in [0.4, 0.5) is 0 Å². The van der Waals surface area contributed by atoms with Crippen molar-refractivity contribution in [2.45, 2.75) is 32.1 Å². The second kappa shape index (κ2) is 3.17. The molecule has 0 aromatic heterocycles. The van der Waals surface area contributed by atoms with E-state index in [0.29, 0.717) is 5.41 Å². The van der Waals surface area contributed by atoms with Gasteiger partial charge < -0.3 is 0 Å². The Morgan fingerprint density at radius 2 is 2.33 bits per heavy atom. The minimum absolute atomic E-state index is 0.602. The first-order chi connectivity index (χ1) is 5.80. The Morgan fingerprint density at radius 1 is 1.50 bits per heavy atom. The van der Waals surface area contributed by atoms with Crippen LogP contribution >= 0.6 is 15.9 Å². The Morgan fingerprint density at radius 3 is 2.75 bits per heavy atom. The van der Waals surface area contributed by atoms with E-state index in [0.717, 1.165) is 11.8 Å². The lowest BCUT2D eigenvalue weighted by molar-refractivity contribution is 0.201. The van der Waals surface area contributed by atoms with Crippen molar-refractivity contribution in [1.82, 2.24) is 0 Å². The van der Waals surface area contributed by atoms with E-state index < -0.39 is 0 Å². The maximum absolute atomic E-state index is 3.88. The highest BCUT2D eigenvalue weighted by molar-refractivity contribution is 9.09. The molecule has 0 aliphatic heterocycles. The van der Waals surface area contributed by atoms with Gasteiger partial charge in [-0.25, -0.2) is 0 Å². The van der Waals surface area contributed by atoms with E-state index in [-0.39, 0.29) is 0 Å². The minimum Gasteiger partial charge on any atom is -0.103 e. The van der Waals surface area contributed by atoms with Crippen LogP contribution in [0.5, 0.6) is 0 Å². The molecule has 68 valence electrons. The minimum atomic E-state index is 0.602. The predicted octanol–water partition coefficient (Wildman–Crippen LogP) is 3.76. The predicted molar refractivity (Wildman–Crippen MR) is 56.5 cm³/mol. The van der Waals surface area contributed by atoms with Gasteiger partial charge >= 0.3 is 0 Å². The first-order valence-corrected chi connectivity index (χ1v) is 6.10. The highest BCUT2D eigenvalue weighted by Crippen LogP contribution is 2.58. The summed E-state index contributed by atoms with van der Waals surface area (Å²) in [7, 11) is 0. The second-order valence-electron chi connectivity index (χ2n) is 4.57. The normalized spacial score (nSPS) is 45.1. The number of fused-ring (bicyclic) bond motifs is 2. The number of halogens is 1. The smallest absolute Gasteiger partial charge is 0.00936 e. The molecule has 1 heteroatoms. The van der Waals surface area contributed by atoms with Crippen LogP contribution in [0.15, 0.2) is 12.7 Å². The van der Waals surface area contributed by atoms with Gasteiger partial charge in [-0.1, -0.05) is 28.4 Å². The fourth-order valence-electron chi connectivity index (χ4n) is 3.31. The third kappa shape index (κ3) is 1.17. The molecule has 2 bridgehead atoms. The molecule has 0 heterocycles. The van der Waals surface area contributed by atoms with Gasteiger partial charge in [0.15, 0.2) is 0 Å². The summed E-state index contributed by atoms with van der Waals surface area (Å²) >= 11 is 3.69. The van der Waals surface area contributed by atoms with E-state index >= 15 is 0 Å². The zero-order chi connectivity index (χ0) is 8.60. The third-order valence-corrected chi connectivity index (χ3v) is 5.04. The number of allylic oxidation sites excluding steroid dienone is 1. The maximum atomic E-state index is 3.88. The molecular formula is C11H17Br. The van der Waals surface area contributed by atoms with Gasteiger partial charge in [-0.3, -0.25) is 0 Å². The molecule has 2 aliphatic carbocycles. The summed E-state index contributed by atoms with van der Waals surface area (Å²) in [5.41, 5.74) is 0.602. The molecule has 2 fully saturated rings. The number of alkyl halides is 1. The van der Waals surface area contributed by atoms with E-state index in [2.05, 4.69) is 28.6 Å². The average molecular weight is 229 g/mol. The summed E-state index contributed by atoms with van der Waals surface area (Å²) in [5.74, 6) is 2.05. The lowest BCUT2D eigenvalue weighted by Crippen LogP contribution is -2.28. The molecule has 0 aromatic carbocycles. The van der Waals surface area contributed by atoms with Crippen LogP contribution < -0.4 is 0 Å². The Kier molecular flexibility index (Phi) is 2.33. The van der Waals surface area contributed by atoms with Crippen LogP contribution in [-0.2, 0) is 0 Å². The van der Waals surface area contributed by atoms with Crippen molar-refractivity contribution >= 4 is 15.9 Å². The monoisotopic (exact) mass is 228 g/mol. The Labute approximate surface area is 83.6 Å². The highest BCUT2D eigenvalue weighted by Gasteiger charge is 2.49. The van der Waals surface area contributed by atoms with Crippen LogP contribution in [0.2, 0.25) is 0 Å². The molecule has 0 radical (unpaired) electrons. The summed E-state index contributed by atoms with van der Waals surface area (Å²) in [5, 5.41) is 1.19. The van der Waals surface area contributed by atoms with Gasteiger partial charge in [-0.15, -0.1) is 6.58 Å². The Bertz CT molecular complexity index is 187. The van der Waals surface area contributed by atoms with Crippen molar-refractivity contribution in [3.63, 3.8) is 0 Å². The Balaban J connectivity index is 2.13. The van der Waals surface area contributed by atoms with Gasteiger partial charge in [-0.2, -0.15) is 0 Å². The molecule has 0 saturated heterocycles. The topological polar surface area (TPSA) is 0 Å². The van der Waals surface area contributed by atoms with Crippen molar-refractivity contribution in [3.8, 4) is 0 Å². The van der Waals surface area contributed by atoms with Gasteiger partial charge in [-0.05, 0) is 42.9 Å². The summed E-state index contributed by atoms with van der Waals surface area (Å²) in [4.78, 5) is 0. The summed E-state index contributed by atoms with van der Waals surface area (Å²) in [6, 6.07) is 0. The number of hydrogen-bond acceptors (Lipinski definition) is 0. The van der Waals surface area contributed by atoms with E-state index in [9.17, 15) is 0 Å². The summed E-state index contributed by atoms with van der Waals surface area (Å²) in [6.07, 6.45) is 9.26. The molecular weight excluding hydrogens is 212 g/mol. The quantitative estimate of drug-likeness (QED) is 0.510. The molecule has 0 N–H and O–H groups in total. The summed E-state index contributed by atoms with van der Waals surface area (Å²) in [6.45, 7) is 3.88. The first kappa shape index (κ1) is 8.80. The lowest BCUT2D eigenvalue weighted by Gasteiger charge is -2.35. The SMILES string of the molecule is C=CCC1(CBr)CC2CCC1C2. The first-order valence-electron chi connectivity index (χ1n) is 4.97. The molecule has 3 atom stereocenters. The van der Waals surface area contributed by atoms with Gasteiger partial charge in [0.2, 0.25) is 0 Å². The van der Waals surface area contributed by atoms with Crippen LogP contribution in [-0.4, -0.2) is 5.33 Å². The van der Waals surface area contributed by atoms with Crippen molar-refractivity contribution in [3.05, 3.63) is 12.7 Å². The summed E-state index contributed by atoms with van der Waals surface area (Å²) < 4.78 is 0. The average Bonchev–Trinajstić information content (AvgIpc) is 2.64. The third-order valence-electron chi connectivity index (χ3n) is 3.92. The van der Waals surface area contributed by atoms with E-state index in [1.165, 1.54) is 37.4 Å². The molecule has 12 heavy (non-hydrogen) atoms. The van der Waals surface area contributed by atoms with Gasteiger partial charge in [0.25, 0.3) is 0 Å². The van der Waals surface area contributed by atoms with Crippen molar-refractivity contribution in [2.24, 2.45) is 17.3 Å². The molecule has 0 nitrogen and oxygen atoms in total. The highest BCUT2D eigenvalue weighted by atomic mass is 79.9. The van der Waals surface area contributed by atoms with Crippen LogP contribution in [0.25, 0.3) is 0 Å². The molecule has 3 unspecified atom stereocenters. The van der Waals surface area contributed by atoms with E-state index in [1.54, 1.807) is 0 Å². The van der Waals surface area contributed by atoms with E-state index in [1.807, 2.05) is 0 Å². The van der Waals surface area contributed by atoms with Crippen molar-refractivity contribution < 1.29 is 0 Å². The van der Waals surface area contributed by atoms with E-state index in [4.69, 9.17) is 0 Å². The largest absolute Gasteiger partial charge is 0.103 e. The molecule has 2 saturated carbocycles. The zero-order valence-electron chi connectivity index (χ0n) is 7.56. The number of rotatable bonds is 3. The molecule has 2 aliphatic rings. The van der Waals surface area contributed by atoms with Crippen molar-refractivity contribution in [2.75, 3.05) is 5.33 Å². The molecule has 2 rings (SSSR count). The van der Waals surface area contributed by atoms with Gasteiger partial charge in [0.05, 0.1) is 0 Å². The number of hydrogen-bond donors (Lipinski definition) is 0. The molecule has 0 aromatic rings. The molecule has 0 spiro atoms. The maximum Gasteiger partial charge on any atom is 0.00936 e. The lowest BCUT2D eigenvalue weighted by atomic mass is 9.72. The fraction of sp³-hybridized carbons (Fsp3) is 0.818.